The van der Waals surface area contributed by atoms with Crippen LogP contribution < -0.4 is 10.2 Å². The third-order valence-corrected chi connectivity index (χ3v) is 2.62. The van der Waals surface area contributed by atoms with Crippen LogP contribution in [0.4, 0.5) is 5.95 Å². The Balaban J connectivity index is 2.67. The summed E-state index contributed by atoms with van der Waals surface area (Å²) in [5, 5.41) is 2.84. The Labute approximate surface area is 109 Å². The number of aromatic nitrogens is 2. The molecule has 0 atom stereocenters. The molecular weight excluding hydrogens is 228 g/mol. The summed E-state index contributed by atoms with van der Waals surface area (Å²) in [6.45, 7) is 10.6. The van der Waals surface area contributed by atoms with Gasteiger partial charge in [0.05, 0.1) is 5.56 Å². The molecule has 5 nitrogen and oxygen atoms in total. The Morgan fingerprint density at radius 2 is 1.83 bits per heavy atom. The number of carbonyl (C=O) groups excluding carboxylic acids is 1. The van der Waals surface area contributed by atoms with Crippen molar-refractivity contribution in [2.75, 3.05) is 24.5 Å². The number of nitrogens with zero attached hydrogens (tertiary/aromatic N) is 3. The van der Waals surface area contributed by atoms with Gasteiger partial charge in [-0.15, -0.1) is 0 Å². The molecule has 1 amide bonds. The molecule has 0 aromatic carbocycles. The molecule has 5 heteroatoms. The monoisotopic (exact) mass is 250 g/mol. The molecule has 0 radical (unpaired) electrons. The molecule has 0 saturated heterocycles. The fourth-order valence-corrected chi connectivity index (χ4v) is 1.51. The van der Waals surface area contributed by atoms with Crippen LogP contribution in [-0.4, -0.2) is 35.5 Å². The lowest BCUT2D eigenvalue weighted by Crippen LogP contribution is -2.28. The lowest BCUT2D eigenvalue weighted by Gasteiger charge is -2.18. The van der Waals surface area contributed by atoms with Crippen LogP contribution in [0, 0.1) is 5.92 Å². The first kappa shape index (κ1) is 14.4. The summed E-state index contributed by atoms with van der Waals surface area (Å²) in [7, 11) is 0. The molecule has 1 rings (SSSR count). The van der Waals surface area contributed by atoms with Gasteiger partial charge in [0.25, 0.3) is 5.91 Å². The molecule has 0 aliphatic carbocycles. The van der Waals surface area contributed by atoms with Gasteiger partial charge in [-0.25, -0.2) is 9.97 Å². The third-order valence-electron chi connectivity index (χ3n) is 2.62. The molecule has 100 valence electrons. The van der Waals surface area contributed by atoms with E-state index in [0.717, 1.165) is 13.1 Å². The smallest absolute Gasteiger partial charge is 0.254 e. The minimum Gasteiger partial charge on any atom is -0.352 e. The van der Waals surface area contributed by atoms with Gasteiger partial charge < -0.3 is 10.2 Å². The van der Waals surface area contributed by atoms with Gasteiger partial charge in [-0.1, -0.05) is 13.8 Å². The summed E-state index contributed by atoms with van der Waals surface area (Å²) < 4.78 is 0. The highest BCUT2D eigenvalue weighted by molar-refractivity contribution is 5.93. The van der Waals surface area contributed by atoms with Crippen molar-refractivity contribution >= 4 is 11.9 Å². The predicted molar refractivity (Wildman–Crippen MR) is 72.8 cm³/mol. The summed E-state index contributed by atoms with van der Waals surface area (Å²) in [5.41, 5.74) is 0.506. The third kappa shape index (κ3) is 3.98. The Morgan fingerprint density at radius 1 is 1.28 bits per heavy atom. The minimum absolute atomic E-state index is 0.116. The van der Waals surface area contributed by atoms with Gasteiger partial charge in [-0.3, -0.25) is 4.79 Å². The highest BCUT2D eigenvalue weighted by Gasteiger charge is 2.09. The second kappa shape index (κ2) is 6.93. The summed E-state index contributed by atoms with van der Waals surface area (Å²) in [5.74, 6) is 0.986. The largest absolute Gasteiger partial charge is 0.352 e. The van der Waals surface area contributed by atoms with Crippen molar-refractivity contribution in [3.8, 4) is 0 Å². The van der Waals surface area contributed by atoms with E-state index in [0.29, 0.717) is 24.0 Å². The quantitative estimate of drug-likeness (QED) is 0.835. The van der Waals surface area contributed by atoms with Crippen molar-refractivity contribution < 1.29 is 4.79 Å². The zero-order valence-corrected chi connectivity index (χ0v) is 11.6. The molecule has 1 aromatic rings. The molecule has 1 N–H and O–H groups in total. The van der Waals surface area contributed by atoms with Crippen molar-refractivity contribution in [2.24, 2.45) is 5.92 Å². The van der Waals surface area contributed by atoms with E-state index < -0.39 is 0 Å². The second-order valence-corrected chi connectivity index (χ2v) is 4.55. The predicted octanol–water partition coefficient (Wildman–Crippen LogP) is 1.71. The van der Waals surface area contributed by atoms with Gasteiger partial charge in [0.1, 0.15) is 0 Å². The Morgan fingerprint density at radius 3 is 2.28 bits per heavy atom. The van der Waals surface area contributed by atoms with E-state index >= 15 is 0 Å². The molecule has 1 aromatic heterocycles. The fraction of sp³-hybridized carbons (Fsp3) is 0.615. The van der Waals surface area contributed by atoms with Crippen LogP contribution in [0.3, 0.4) is 0 Å². The normalized spacial score (nSPS) is 10.5. The minimum atomic E-state index is -0.116. The Hall–Kier alpha value is -1.65. The standard InChI is InChI=1S/C13H22N4O/c1-5-17(6-2)13-15-8-11(9-16-13)12(18)14-7-10(3)4/h8-10H,5-7H2,1-4H3,(H,14,18). The average molecular weight is 250 g/mol. The van der Waals surface area contributed by atoms with Crippen molar-refractivity contribution in [1.29, 1.82) is 0 Å². The van der Waals surface area contributed by atoms with Gasteiger partial charge >= 0.3 is 0 Å². The molecular formula is C13H22N4O. The number of carbonyl (C=O) groups is 1. The van der Waals surface area contributed by atoms with Crippen molar-refractivity contribution in [3.05, 3.63) is 18.0 Å². The van der Waals surface area contributed by atoms with Crippen molar-refractivity contribution in [1.82, 2.24) is 15.3 Å². The van der Waals surface area contributed by atoms with E-state index in [-0.39, 0.29) is 5.91 Å². The maximum absolute atomic E-state index is 11.8. The van der Waals surface area contributed by atoms with Crippen LogP contribution in [0.25, 0.3) is 0 Å². The fourth-order valence-electron chi connectivity index (χ4n) is 1.51. The molecule has 0 saturated carbocycles. The van der Waals surface area contributed by atoms with Gasteiger partial charge in [-0.05, 0) is 19.8 Å². The van der Waals surface area contributed by atoms with Crippen LogP contribution in [0.1, 0.15) is 38.1 Å². The van der Waals surface area contributed by atoms with E-state index in [1.807, 2.05) is 4.90 Å². The van der Waals surface area contributed by atoms with Gasteiger partial charge in [-0.2, -0.15) is 0 Å². The average Bonchev–Trinajstić information content (AvgIpc) is 2.38. The van der Waals surface area contributed by atoms with Gasteiger partial charge in [0.2, 0.25) is 5.95 Å². The topological polar surface area (TPSA) is 58.1 Å². The van der Waals surface area contributed by atoms with E-state index in [9.17, 15) is 4.79 Å². The lowest BCUT2D eigenvalue weighted by molar-refractivity contribution is 0.0948. The number of rotatable bonds is 6. The number of hydrogen-bond donors (Lipinski definition) is 1. The number of amides is 1. The first-order valence-electron chi connectivity index (χ1n) is 6.43. The Kier molecular flexibility index (Phi) is 5.55. The first-order chi connectivity index (χ1) is 8.58. The van der Waals surface area contributed by atoms with Crippen LogP contribution >= 0.6 is 0 Å². The van der Waals surface area contributed by atoms with E-state index in [1.165, 1.54) is 0 Å². The van der Waals surface area contributed by atoms with Crippen LogP contribution in [0.5, 0.6) is 0 Å². The maximum atomic E-state index is 11.8. The van der Waals surface area contributed by atoms with Crippen molar-refractivity contribution in [2.45, 2.75) is 27.7 Å². The maximum Gasteiger partial charge on any atom is 0.254 e. The zero-order valence-electron chi connectivity index (χ0n) is 11.6. The van der Waals surface area contributed by atoms with Crippen LogP contribution in [0.15, 0.2) is 12.4 Å². The molecule has 1 heterocycles. The summed E-state index contributed by atoms with van der Waals surface area (Å²) in [4.78, 5) is 22.2. The van der Waals surface area contributed by atoms with E-state index in [2.05, 4.69) is 43.0 Å². The molecule has 0 spiro atoms. The molecule has 0 fully saturated rings. The van der Waals surface area contributed by atoms with Gasteiger partial charge in [0.15, 0.2) is 0 Å². The molecule has 18 heavy (non-hydrogen) atoms. The molecule has 0 bridgehead atoms. The summed E-state index contributed by atoms with van der Waals surface area (Å²) in [6, 6.07) is 0. The van der Waals surface area contributed by atoms with Gasteiger partial charge in [0, 0.05) is 32.0 Å². The highest BCUT2D eigenvalue weighted by atomic mass is 16.1. The molecule has 0 aliphatic heterocycles. The van der Waals surface area contributed by atoms with Crippen LogP contribution in [-0.2, 0) is 0 Å². The van der Waals surface area contributed by atoms with Crippen molar-refractivity contribution in [3.63, 3.8) is 0 Å². The molecule has 0 unspecified atom stereocenters. The zero-order chi connectivity index (χ0) is 13.5. The molecule has 0 aliphatic rings. The van der Waals surface area contributed by atoms with E-state index in [1.54, 1.807) is 12.4 Å². The van der Waals surface area contributed by atoms with E-state index in [4.69, 9.17) is 0 Å². The Bertz CT molecular complexity index is 371. The lowest BCUT2D eigenvalue weighted by atomic mass is 10.2. The van der Waals surface area contributed by atoms with Crippen LogP contribution in [0.2, 0.25) is 0 Å². The highest BCUT2D eigenvalue weighted by Crippen LogP contribution is 2.06. The summed E-state index contributed by atoms with van der Waals surface area (Å²) in [6.07, 6.45) is 3.16. The first-order valence-corrected chi connectivity index (χ1v) is 6.43. The number of anilines is 1. The number of nitrogens with one attached hydrogen (secondary N) is 1. The SMILES string of the molecule is CCN(CC)c1ncc(C(=O)NCC(C)C)cn1. The summed E-state index contributed by atoms with van der Waals surface area (Å²) >= 11 is 0. The second-order valence-electron chi connectivity index (χ2n) is 4.55. The number of hydrogen-bond acceptors (Lipinski definition) is 4.